The maximum Gasteiger partial charge on any atom is 0.409 e. The van der Waals surface area contributed by atoms with E-state index in [0.29, 0.717) is 44.5 Å². The van der Waals surface area contributed by atoms with E-state index in [-0.39, 0.29) is 12.0 Å². The lowest BCUT2D eigenvalue weighted by Gasteiger charge is -2.34. The zero-order chi connectivity index (χ0) is 23.0. The van der Waals surface area contributed by atoms with E-state index in [9.17, 15) is 9.59 Å². The Bertz CT molecular complexity index is 891. The van der Waals surface area contributed by atoms with Crippen LogP contribution in [-0.4, -0.2) is 79.2 Å². The molecule has 3 heterocycles. The number of carbonyl (C=O) groups excluding carboxylic acids is 2. The van der Waals surface area contributed by atoms with Gasteiger partial charge in [-0.25, -0.2) is 4.79 Å². The van der Waals surface area contributed by atoms with Gasteiger partial charge >= 0.3 is 6.09 Å². The van der Waals surface area contributed by atoms with E-state index in [2.05, 4.69) is 17.0 Å². The topological polar surface area (TPSA) is 75.5 Å². The second-order valence-electron chi connectivity index (χ2n) is 8.65. The van der Waals surface area contributed by atoms with E-state index in [1.165, 1.54) is 11.8 Å². The molecule has 0 unspecified atom stereocenters. The Labute approximate surface area is 195 Å². The molecule has 2 fully saturated rings. The fraction of sp³-hybridized carbons (Fsp3) is 0.520. The Kier molecular flexibility index (Phi) is 7.88. The molecule has 33 heavy (non-hydrogen) atoms. The summed E-state index contributed by atoms with van der Waals surface area (Å²) in [4.78, 5) is 30.3. The number of amides is 2. The van der Waals surface area contributed by atoms with Crippen LogP contribution in [0.4, 0.5) is 4.79 Å². The minimum atomic E-state index is -0.218. The molecule has 2 aliphatic heterocycles. The molecule has 2 amide bonds. The third kappa shape index (κ3) is 6.28. The number of likely N-dealkylation sites (tertiary alicyclic amines) is 1. The zero-order valence-electron chi connectivity index (χ0n) is 19.3. The Hall–Kier alpha value is -3.00. The van der Waals surface area contributed by atoms with Crippen molar-refractivity contribution in [2.45, 2.75) is 26.3 Å². The van der Waals surface area contributed by atoms with Crippen LogP contribution >= 0.6 is 0 Å². The fourth-order valence-electron chi connectivity index (χ4n) is 4.41. The van der Waals surface area contributed by atoms with Gasteiger partial charge in [-0.3, -0.25) is 9.69 Å². The number of nitrogens with zero attached hydrogens (tertiary/aromatic N) is 3. The minimum Gasteiger partial charge on any atom is -0.493 e. The Morgan fingerprint density at radius 2 is 1.82 bits per heavy atom. The van der Waals surface area contributed by atoms with Gasteiger partial charge < -0.3 is 23.7 Å². The van der Waals surface area contributed by atoms with Gasteiger partial charge in [0.2, 0.25) is 0 Å². The van der Waals surface area contributed by atoms with Gasteiger partial charge in [0.25, 0.3) is 5.91 Å². The van der Waals surface area contributed by atoms with Crippen molar-refractivity contribution in [3.8, 4) is 5.75 Å². The highest BCUT2D eigenvalue weighted by Crippen LogP contribution is 2.21. The van der Waals surface area contributed by atoms with E-state index in [1.807, 2.05) is 24.0 Å². The fourth-order valence-corrected chi connectivity index (χ4v) is 4.41. The molecule has 1 aromatic heterocycles. The number of furan rings is 1. The first-order valence-electron chi connectivity index (χ1n) is 11.8. The maximum atomic E-state index is 12.5. The van der Waals surface area contributed by atoms with Crippen molar-refractivity contribution in [1.82, 2.24) is 14.7 Å². The van der Waals surface area contributed by atoms with Gasteiger partial charge in [0.15, 0.2) is 5.76 Å². The van der Waals surface area contributed by atoms with E-state index >= 15 is 0 Å². The average molecular weight is 456 g/mol. The third-order valence-corrected chi connectivity index (χ3v) is 6.25. The summed E-state index contributed by atoms with van der Waals surface area (Å²) in [5, 5.41) is 0. The average Bonchev–Trinajstić information content (AvgIpc) is 3.39. The molecule has 1 atom stereocenters. The number of piperazine rings is 1. The summed E-state index contributed by atoms with van der Waals surface area (Å²) in [5.74, 6) is 1.51. The third-order valence-electron chi connectivity index (χ3n) is 6.25. The first-order valence-corrected chi connectivity index (χ1v) is 11.8. The van der Waals surface area contributed by atoms with Crippen LogP contribution < -0.4 is 4.74 Å². The van der Waals surface area contributed by atoms with Crippen molar-refractivity contribution in [2.24, 2.45) is 5.92 Å². The monoisotopic (exact) mass is 455 g/mol. The van der Waals surface area contributed by atoms with E-state index in [1.54, 1.807) is 17.0 Å². The predicted octanol–water partition coefficient (Wildman–Crippen LogP) is 3.48. The first kappa shape index (κ1) is 23.2. The molecule has 0 spiro atoms. The summed E-state index contributed by atoms with van der Waals surface area (Å²) in [5.41, 5.74) is 1.22. The summed E-state index contributed by atoms with van der Waals surface area (Å²) in [6.07, 6.45) is 3.34. The second kappa shape index (κ2) is 11.2. The molecule has 4 rings (SSSR count). The van der Waals surface area contributed by atoms with Gasteiger partial charge in [-0.15, -0.1) is 0 Å². The highest BCUT2D eigenvalue weighted by Gasteiger charge is 2.26. The van der Waals surface area contributed by atoms with Crippen LogP contribution in [-0.2, 0) is 11.3 Å². The number of hydrogen-bond donors (Lipinski definition) is 0. The van der Waals surface area contributed by atoms with Crippen molar-refractivity contribution >= 4 is 12.0 Å². The number of ether oxygens (including phenoxy) is 2. The Morgan fingerprint density at radius 3 is 2.52 bits per heavy atom. The Morgan fingerprint density at radius 1 is 1.03 bits per heavy atom. The summed E-state index contributed by atoms with van der Waals surface area (Å²) >= 11 is 0. The lowest BCUT2D eigenvalue weighted by atomic mass is 9.98. The molecule has 0 radical (unpaired) electrons. The summed E-state index contributed by atoms with van der Waals surface area (Å²) in [6.45, 7) is 8.21. The number of rotatable bonds is 7. The van der Waals surface area contributed by atoms with Crippen molar-refractivity contribution in [3.63, 3.8) is 0 Å². The van der Waals surface area contributed by atoms with Crippen LogP contribution in [0.1, 0.15) is 35.9 Å². The van der Waals surface area contributed by atoms with E-state index < -0.39 is 0 Å². The molecule has 0 aliphatic carbocycles. The van der Waals surface area contributed by atoms with Gasteiger partial charge in [0.05, 0.1) is 19.5 Å². The molecule has 178 valence electrons. The van der Waals surface area contributed by atoms with E-state index in [0.717, 1.165) is 44.8 Å². The molecule has 0 saturated carbocycles. The van der Waals surface area contributed by atoms with Gasteiger partial charge in [-0.05, 0) is 49.6 Å². The SMILES string of the molecule is CCOC(=O)N1CCN(Cc2ccc(OC[C@H]3CCCN(C(=O)c4ccco4)C3)cc2)CC1. The molecule has 8 heteroatoms. The highest BCUT2D eigenvalue weighted by molar-refractivity contribution is 5.91. The Balaban J connectivity index is 1.20. The summed E-state index contributed by atoms with van der Waals surface area (Å²) < 4.78 is 16.4. The molecule has 1 aromatic carbocycles. The maximum absolute atomic E-state index is 12.5. The van der Waals surface area contributed by atoms with Crippen molar-refractivity contribution in [3.05, 3.63) is 54.0 Å². The van der Waals surface area contributed by atoms with Crippen LogP contribution in [0.3, 0.4) is 0 Å². The number of benzene rings is 1. The molecular weight excluding hydrogens is 422 g/mol. The summed E-state index contributed by atoms with van der Waals surface area (Å²) in [6, 6.07) is 11.7. The van der Waals surface area contributed by atoms with Gasteiger partial charge in [-0.1, -0.05) is 12.1 Å². The largest absolute Gasteiger partial charge is 0.493 e. The van der Waals surface area contributed by atoms with Gasteiger partial charge in [0.1, 0.15) is 5.75 Å². The van der Waals surface area contributed by atoms with E-state index in [4.69, 9.17) is 13.9 Å². The zero-order valence-corrected chi connectivity index (χ0v) is 19.3. The molecule has 2 aromatic rings. The van der Waals surface area contributed by atoms with Crippen LogP contribution in [0, 0.1) is 5.92 Å². The van der Waals surface area contributed by atoms with Gasteiger partial charge in [-0.2, -0.15) is 0 Å². The number of carbonyl (C=O) groups is 2. The van der Waals surface area contributed by atoms with Crippen LogP contribution in [0.5, 0.6) is 5.75 Å². The standard InChI is InChI=1S/C25H33N3O5/c1-2-31-25(30)27-14-12-26(13-15-27)17-20-7-9-22(10-8-20)33-19-21-5-3-11-28(18-21)24(29)23-6-4-16-32-23/h4,6-10,16,21H,2-3,5,11-15,17-19H2,1H3/t21-/m0/s1. The van der Waals surface area contributed by atoms with Crippen LogP contribution in [0.15, 0.2) is 47.1 Å². The van der Waals surface area contributed by atoms with Crippen LogP contribution in [0.25, 0.3) is 0 Å². The molecular formula is C25H33N3O5. The minimum absolute atomic E-state index is 0.0443. The molecule has 0 N–H and O–H groups in total. The van der Waals surface area contributed by atoms with Crippen molar-refractivity contribution in [1.29, 1.82) is 0 Å². The lowest BCUT2D eigenvalue weighted by molar-refractivity contribution is 0.0602. The van der Waals surface area contributed by atoms with Gasteiger partial charge in [0, 0.05) is 51.7 Å². The lowest BCUT2D eigenvalue weighted by Crippen LogP contribution is -2.48. The van der Waals surface area contributed by atoms with Crippen LogP contribution in [0.2, 0.25) is 0 Å². The predicted molar refractivity (Wildman–Crippen MR) is 123 cm³/mol. The number of piperidine rings is 1. The normalized spacial score (nSPS) is 19.4. The molecule has 2 aliphatic rings. The molecule has 2 saturated heterocycles. The smallest absolute Gasteiger partial charge is 0.409 e. The van der Waals surface area contributed by atoms with Crippen molar-refractivity contribution in [2.75, 3.05) is 52.5 Å². The number of hydrogen-bond acceptors (Lipinski definition) is 6. The first-order chi connectivity index (χ1) is 16.1. The second-order valence-corrected chi connectivity index (χ2v) is 8.65. The quantitative estimate of drug-likeness (QED) is 0.636. The molecule has 8 nitrogen and oxygen atoms in total. The van der Waals surface area contributed by atoms with Crippen molar-refractivity contribution < 1.29 is 23.5 Å². The molecule has 0 bridgehead atoms. The highest BCUT2D eigenvalue weighted by atomic mass is 16.6. The summed E-state index contributed by atoms with van der Waals surface area (Å²) in [7, 11) is 0.